The Morgan fingerprint density at radius 2 is 2.21 bits per heavy atom. The van der Waals surface area contributed by atoms with Gasteiger partial charge in [-0.2, -0.15) is 0 Å². The van der Waals surface area contributed by atoms with Gasteiger partial charge in [0.1, 0.15) is 5.82 Å². The van der Waals surface area contributed by atoms with E-state index in [-0.39, 0.29) is 0 Å². The van der Waals surface area contributed by atoms with Crippen molar-refractivity contribution in [2.75, 3.05) is 26.7 Å². The van der Waals surface area contributed by atoms with Crippen LogP contribution in [0.5, 0.6) is 0 Å². The van der Waals surface area contributed by atoms with Crippen LogP contribution in [-0.4, -0.2) is 47.1 Å². The number of benzene rings is 1. The first-order chi connectivity index (χ1) is 11.7. The van der Waals surface area contributed by atoms with Crippen LogP contribution >= 0.6 is 0 Å². The lowest BCUT2D eigenvalue weighted by Gasteiger charge is -2.33. The molecule has 1 atom stereocenters. The molecule has 5 nitrogen and oxygen atoms in total. The minimum atomic E-state index is 0.761. The summed E-state index contributed by atoms with van der Waals surface area (Å²) in [5, 5.41) is 3.53. The van der Waals surface area contributed by atoms with Crippen LogP contribution in [0.2, 0.25) is 0 Å². The Kier molecular flexibility index (Phi) is 5.38. The summed E-state index contributed by atoms with van der Waals surface area (Å²) in [6, 6.07) is 8.36. The highest BCUT2D eigenvalue weighted by Crippen LogP contribution is 2.16. The Bertz CT molecular complexity index is 703. The maximum atomic E-state index is 4.64. The molecule has 24 heavy (non-hydrogen) atoms. The number of aromatic nitrogens is 2. The van der Waals surface area contributed by atoms with Crippen molar-refractivity contribution < 1.29 is 0 Å². The fourth-order valence-electron chi connectivity index (χ4n) is 3.63. The molecule has 2 aromatic rings. The third kappa shape index (κ3) is 3.71. The van der Waals surface area contributed by atoms with Crippen molar-refractivity contribution in [1.82, 2.24) is 19.8 Å². The van der Waals surface area contributed by atoms with Gasteiger partial charge in [-0.25, -0.2) is 4.98 Å². The molecule has 1 aromatic carbocycles. The summed E-state index contributed by atoms with van der Waals surface area (Å²) in [5.74, 6) is 2.90. The molecule has 1 saturated heterocycles. The van der Waals surface area contributed by atoms with E-state index in [1.54, 1.807) is 0 Å². The van der Waals surface area contributed by atoms with E-state index in [4.69, 9.17) is 0 Å². The Morgan fingerprint density at radius 3 is 3.00 bits per heavy atom. The molecule has 1 N–H and O–H groups in total. The van der Waals surface area contributed by atoms with E-state index in [0.29, 0.717) is 0 Å². The number of aliphatic imine (C=N–C) groups is 1. The minimum Gasteiger partial charge on any atom is -0.356 e. The molecule has 0 spiro atoms. The van der Waals surface area contributed by atoms with Crippen LogP contribution in [0.3, 0.4) is 0 Å². The number of para-hydroxylation sites is 2. The first kappa shape index (κ1) is 16.8. The zero-order valence-electron chi connectivity index (χ0n) is 15.1. The van der Waals surface area contributed by atoms with E-state index in [2.05, 4.69) is 56.8 Å². The van der Waals surface area contributed by atoms with Crippen molar-refractivity contribution in [2.45, 2.75) is 39.7 Å². The van der Waals surface area contributed by atoms with Crippen molar-refractivity contribution in [3.8, 4) is 0 Å². The summed E-state index contributed by atoms with van der Waals surface area (Å²) < 4.78 is 2.31. The number of aryl methyl sites for hydroxylation is 2. The van der Waals surface area contributed by atoms with Crippen LogP contribution in [0.4, 0.5) is 0 Å². The summed E-state index contributed by atoms with van der Waals surface area (Å²) in [6.07, 6.45) is 3.66. The zero-order chi connectivity index (χ0) is 16.9. The van der Waals surface area contributed by atoms with Gasteiger partial charge in [0.25, 0.3) is 0 Å². The van der Waals surface area contributed by atoms with Crippen molar-refractivity contribution in [3.05, 3.63) is 30.1 Å². The number of likely N-dealkylation sites (tertiary alicyclic amines) is 1. The molecule has 1 aromatic heterocycles. The molecule has 5 heteroatoms. The van der Waals surface area contributed by atoms with Crippen LogP contribution < -0.4 is 5.32 Å². The third-order valence-corrected chi connectivity index (χ3v) is 4.86. The average molecular weight is 327 g/mol. The van der Waals surface area contributed by atoms with Crippen LogP contribution in [0.25, 0.3) is 11.0 Å². The number of piperidine rings is 1. The van der Waals surface area contributed by atoms with E-state index in [1.165, 1.54) is 18.4 Å². The summed E-state index contributed by atoms with van der Waals surface area (Å²) in [6.45, 7) is 8.56. The number of imidazole rings is 1. The van der Waals surface area contributed by atoms with E-state index in [0.717, 1.165) is 55.8 Å². The predicted octanol–water partition coefficient (Wildman–Crippen LogP) is 3.04. The van der Waals surface area contributed by atoms with Crippen molar-refractivity contribution in [2.24, 2.45) is 10.9 Å². The largest absolute Gasteiger partial charge is 0.356 e. The topological polar surface area (TPSA) is 45.5 Å². The second-order valence-electron chi connectivity index (χ2n) is 6.82. The minimum absolute atomic E-state index is 0.761. The van der Waals surface area contributed by atoms with Crippen LogP contribution in [-0.2, 0) is 6.54 Å². The summed E-state index contributed by atoms with van der Waals surface area (Å²) >= 11 is 0. The van der Waals surface area contributed by atoms with Gasteiger partial charge in [-0.1, -0.05) is 19.1 Å². The summed E-state index contributed by atoms with van der Waals surface area (Å²) in [4.78, 5) is 11.5. The number of nitrogens with one attached hydrogen (secondary N) is 1. The second-order valence-corrected chi connectivity index (χ2v) is 6.82. The van der Waals surface area contributed by atoms with Gasteiger partial charge >= 0.3 is 0 Å². The van der Waals surface area contributed by atoms with Gasteiger partial charge in [0.2, 0.25) is 0 Å². The van der Waals surface area contributed by atoms with Crippen LogP contribution in [0.15, 0.2) is 29.3 Å². The molecule has 0 aliphatic carbocycles. The number of guanidine groups is 1. The number of rotatable bonds is 4. The monoisotopic (exact) mass is 327 g/mol. The Morgan fingerprint density at radius 1 is 1.38 bits per heavy atom. The van der Waals surface area contributed by atoms with Gasteiger partial charge in [0, 0.05) is 33.2 Å². The molecule has 0 bridgehead atoms. The van der Waals surface area contributed by atoms with Crippen molar-refractivity contribution in [3.63, 3.8) is 0 Å². The standard InChI is InChI=1S/C19H29N5/c1-15-8-6-12-23(14-15)19(20-3)21-11-7-13-24-16(2)22-17-9-4-5-10-18(17)24/h4-5,9-10,15H,6-8,11-14H2,1-3H3,(H,20,21). The highest BCUT2D eigenvalue weighted by Gasteiger charge is 2.18. The maximum Gasteiger partial charge on any atom is 0.193 e. The van der Waals surface area contributed by atoms with Crippen LogP contribution in [0, 0.1) is 12.8 Å². The number of nitrogens with zero attached hydrogens (tertiary/aromatic N) is 4. The van der Waals surface area contributed by atoms with Gasteiger partial charge in [-0.05, 0) is 44.2 Å². The molecular weight excluding hydrogens is 298 g/mol. The molecular formula is C19H29N5. The van der Waals surface area contributed by atoms with Gasteiger partial charge in [-0.3, -0.25) is 4.99 Å². The first-order valence-corrected chi connectivity index (χ1v) is 9.06. The lowest BCUT2D eigenvalue weighted by atomic mass is 10.0. The quantitative estimate of drug-likeness (QED) is 0.533. The van der Waals surface area contributed by atoms with Gasteiger partial charge in [0.15, 0.2) is 5.96 Å². The van der Waals surface area contributed by atoms with E-state index >= 15 is 0 Å². The summed E-state index contributed by atoms with van der Waals surface area (Å²) in [7, 11) is 1.88. The van der Waals surface area contributed by atoms with Gasteiger partial charge in [-0.15, -0.1) is 0 Å². The molecule has 1 aliphatic rings. The predicted molar refractivity (Wildman–Crippen MR) is 100 cm³/mol. The molecule has 0 amide bonds. The second kappa shape index (κ2) is 7.69. The third-order valence-electron chi connectivity index (χ3n) is 4.86. The number of hydrogen-bond acceptors (Lipinski definition) is 2. The van der Waals surface area contributed by atoms with E-state index < -0.39 is 0 Å². The molecule has 1 fully saturated rings. The Labute approximate surface area is 144 Å². The SMILES string of the molecule is CN=C(NCCCn1c(C)nc2ccccc21)N1CCCC(C)C1. The van der Waals surface area contributed by atoms with Crippen molar-refractivity contribution >= 4 is 17.0 Å². The Hall–Kier alpha value is -2.04. The van der Waals surface area contributed by atoms with E-state index in [1.807, 2.05) is 13.1 Å². The van der Waals surface area contributed by atoms with Gasteiger partial charge in [0.05, 0.1) is 11.0 Å². The smallest absolute Gasteiger partial charge is 0.193 e. The highest BCUT2D eigenvalue weighted by molar-refractivity contribution is 5.80. The molecule has 0 radical (unpaired) electrons. The Balaban J connectivity index is 1.53. The summed E-state index contributed by atoms with van der Waals surface area (Å²) in [5.41, 5.74) is 2.31. The lowest BCUT2D eigenvalue weighted by Crippen LogP contribution is -2.46. The fourth-order valence-corrected chi connectivity index (χ4v) is 3.63. The maximum absolute atomic E-state index is 4.64. The zero-order valence-corrected chi connectivity index (χ0v) is 15.1. The number of fused-ring (bicyclic) bond motifs is 1. The normalized spacial score (nSPS) is 19.0. The lowest BCUT2D eigenvalue weighted by molar-refractivity contribution is 0.266. The average Bonchev–Trinajstić information content (AvgIpc) is 2.90. The molecule has 1 aliphatic heterocycles. The molecule has 130 valence electrons. The fraction of sp³-hybridized carbons (Fsp3) is 0.579. The molecule has 0 saturated carbocycles. The van der Waals surface area contributed by atoms with Crippen molar-refractivity contribution in [1.29, 1.82) is 0 Å². The first-order valence-electron chi connectivity index (χ1n) is 9.06. The molecule has 2 heterocycles. The molecule has 3 rings (SSSR count). The highest BCUT2D eigenvalue weighted by atomic mass is 15.3. The van der Waals surface area contributed by atoms with E-state index in [9.17, 15) is 0 Å². The number of hydrogen-bond donors (Lipinski definition) is 1. The molecule has 1 unspecified atom stereocenters. The van der Waals surface area contributed by atoms with Gasteiger partial charge < -0.3 is 14.8 Å². The van der Waals surface area contributed by atoms with Crippen LogP contribution in [0.1, 0.15) is 32.0 Å².